The van der Waals surface area contributed by atoms with Crippen LogP contribution in [0.15, 0.2) is 96.3 Å². The number of ketones is 1. The Hall–Kier alpha value is -6.01. The van der Waals surface area contributed by atoms with Crippen LogP contribution in [-0.2, 0) is 42.8 Å². The molecule has 0 unspecified atom stereocenters. The first-order valence-corrected chi connectivity index (χ1v) is 21.7. The third-order valence-electron chi connectivity index (χ3n) is 13.7. The maximum absolute atomic E-state index is 15.2. The molecule has 1 aromatic heterocycles. The third kappa shape index (κ3) is 8.37. The number of aliphatic hydroxyl groups is 3. The fourth-order valence-corrected chi connectivity index (χ4v) is 10.3. The summed E-state index contributed by atoms with van der Waals surface area (Å²) >= 11 is 0. The highest BCUT2D eigenvalue weighted by molar-refractivity contribution is 5.94. The van der Waals surface area contributed by atoms with Crippen LogP contribution in [0.3, 0.4) is 0 Å². The van der Waals surface area contributed by atoms with E-state index in [1.54, 1.807) is 69.3 Å². The number of rotatable bonds is 10. The SMILES string of the molecule is CC(=O)O[C@@]12CO[C@@H]1C[C@H](O)[C@@]1(C)C(=O)[C@H](O)C3=C(C)[C@@H](OC(=O)[C@H](OC(=O)c4cccnc4)[C@@H](NC(=O)OC(C)(C)C)c4ccccc4)C[C@@](O)([C@@H](OC(=O)c4ccccc4)[C@H]21)C3(C)C. The van der Waals surface area contributed by atoms with E-state index in [9.17, 15) is 39.3 Å². The van der Waals surface area contributed by atoms with Crippen molar-refractivity contribution in [3.63, 3.8) is 0 Å². The van der Waals surface area contributed by atoms with Gasteiger partial charge in [0.1, 0.15) is 41.7 Å². The van der Waals surface area contributed by atoms with E-state index in [1.807, 2.05) is 0 Å². The Morgan fingerprint density at radius 2 is 1.53 bits per heavy atom. The molecule has 4 N–H and O–H groups in total. The molecule has 3 aromatic rings. The zero-order valence-corrected chi connectivity index (χ0v) is 38.0. The predicted octanol–water partition coefficient (Wildman–Crippen LogP) is 4.52. The smallest absolute Gasteiger partial charge is 0.408 e. The Labute approximate surface area is 381 Å². The summed E-state index contributed by atoms with van der Waals surface area (Å²) in [7, 11) is 0. The lowest BCUT2D eigenvalue weighted by atomic mass is 9.44. The topological polar surface area (TPSA) is 243 Å². The second kappa shape index (κ2) is 17.7. The lowest BCUT2D eigenvalue weighted by Gasteiger charge is -2.67. The van der Waals surface area contributed by atoms with Gasteiger partial charge < -0.3 is 49.1 Å². The molecule has 1 aliphatic heterocycles. The maximum atomic E-state index is 15.2. The number of hydrogen-bond acceptors (Lipinski definition) is 16. The first-order valence-electron chi connectivity index (χ1n) is 21.7. The zero-order chi connectivity index (χ0) is 48.1. The van der Waals surface area contributed by atoms with Crippen molar-refractivity contribution in [2.75, 3.05) is 6.61 Å². The number of alkyl carbamates (subject to hydrolysis) is 1. The van der Waals surface area contributed by atoms with Crippen molar-refractivity contribution < 1.29 is 72.5 Å². The summed E-state index contributed by atoms with van der Waals surface area (Å²) in [4.78, 5) is 88.7. The molecular weight excluding hydrogens is 857 g/mol. The lowest BCUT2D eigenvalue weighted by molar-refractivity contribution is -0.346. The Kier molecular flexibility index (Phi) is 12.8. The molecule has 7 rings (SSSR count). The number of aromatic nitrogens is 1. The minimum Gasteiger partial charge on any atom is -0.455 e. The average molecular weight is 913 g/mol. The Bertz CT molecular complexity index is 2400. The highest BCUT2D eigenvalue weighted by atomic mass is 16.6. The van der Waals surface area contributed by atoms with E-state index in [0.29, 0.717) is 5.56 Å². The van der Waals surface area contributed by atoms with E-state index in [0.717, 1.165) is 6.92 Å². The summed E-state index contributed by atoms with van der Waals surface area (Å²) in [6.07, 6.45) is -9.16. The number of benzene rings is 2. The predicted molar refractivity (Wildman–Crippen MR) is 231 cm³/mol. The number of aliphatic hydroxyl groups excluding tert-OH is 2. The van der Waals surface area contributed by atoms with Gasteiger partial charge in [0.15, 0.2) is 11.4 Å². The van der Waals surface area contributed by atoms with E-state index in [-0.39, 0.29) is 35.3 Å². The van der Waals surface area contributed by atoms with Crippen molar-refractivity contribution in [2.45, 2.75) is 128 Å². The maximum Gasteiger partial charge on any atom is 0.408 e. The van der Waals surface area contributed by atoms with Crippen molar-refractivity contribution >= 4 is 35.8 Å². The molecule has 2 bridgehead atoms. The van der Waals surface area contributed by atoms with Gasteiger partial charge in [-0.15, -0.1) is 0 Å². The van der Waals surface area contributed by atoms with Gasteiger partial charge in [0.05, 0.1) is 35.2 Å². The van der Waals surface area contributed by atoms with Crippen molar-refractivity contribution in [1.82, 2.24) is 10.3 Å². The number of carbonyl (C=O) groups is 6. The number of nitrogens with one attached hydrogen (secondary N) is 1. The van der Waals surface area contributed by atoms with Crippen LogP contribution in [0.2, 0.25) is 0 Å². The lowest BCUT2D eigenvalue weighted by Crippen LogP contribution is -2.81. The molecule has 4 aliphatic rings. The molecule has 1 amide bonds. The normalized spacial score (nSPS) is 30.9. The van der Waals surface area contributed by atoms with E-state index in [4.69, 9.17) is 28.4 Å². The number of nitrogens with zero attached hydrogens (tertiary/aromatic N) is 1. The van der Waals surface area contributed by atoms with Crippen molar-refractivity contribution in [3.8, 4) is 0 Å². The molecule has 352 valence electrons. The highest BCUT2D eigenvalue weighted by Gasteiger charge is 2.78. The summed E-state index contributed by atoms with van der Waals surface area (Å²) in [6.45, 7) is 11.7. The van der Waals surface area contributed by atoms with Crippen LogP contribution in [0.1, 0.15) is 101 Å². The molecule has 2 heterocycles. The van der Waals surface area contributed by atoms with Crippen LogP contribution in [0.25, 0.3) is 0 Å². The molecule has 17 heteroatoms. The number of pyridine rings is 1. The molecule has 3 aliphatic carbocycles. The van der Waals surface area contributed by atoms with Gasteiger partial charge in [0.2, 0.25) is 6.10 Å². The van der Waals surface area contributed by atoms with Crippen molar-refractivity contribution in [3.05, 3.63) is 113 Å². The largest absolute Gasteiger partial charge is 0.455 e. The number of ether oxygens (including phenoxy) is 6. The minimum absolute atomic E-state index is 0.0453. The van der Waals surface area contributed by atoms with Crippen LogP contribution >= 0.6 is 0 Å². The first-order chi connectivity index (χ1) is 31.0. The zero-order valence-electron chi connectivity index (χ0n) is 38.0. The second-order valence-electron chi connectivity index (χ2n) is 19.2. The van der Waals surface area contributed by atoms with Gasteiger partial charge >= 0.3 is 30.0 Å². The number of amides is 1. The second-order valence-corrected chi connectivity index (χ2v) is 19.2. The van der Waals surface area contributed by atoms with Crippen LogP contribution in [0.4, 0.5) is 4.79 Å². The van der Waals surface area contributed by atoms with Crippen LogP contribution in [0, 0.1) is 16.7 Å². The van der Waals surface area contributed by atoms with E-state index >= 15 is 4.79 Å². The summed E-state index contributed by atoms with van der Waals surface area (Å²) in [5, 5.41) is 40.7. The number of esters is 4. The monoisotopic (exact) mass is 912 g/mol. The summed E-state index contributed by atoms with van der Waals surface area (Å²) in [5.74, 6) is -6.50. The molecule has 2 aromatic carbocycles. The molecule has 66 heavy (non-hydrogen) atoms. The minimum atomic E-state index is -2.43. The van der Waals surface area contributed by atoms with Crippen molar-refractivity contribution in [1.29, 1.82) is 0 Å². The molecule has 0 radical (unpaired) electrons. The standard InChI is InChI=1S/C49H56N2O15/c1-26-31(62-43(58)37(63-42(57)30-20-15-21-50-24-30)35(28-16-11-9-12-17-28)51-44(59)66-45(3,4)5)23-49(60)40(64-41(56)29-18-13-10-14-19-29)38-47(8,39(55)36(54)34(26)46(49,6)7)32(53)22-33-48(38,25-61-33)65-27(2)52/h9-21,24,31-33,35-38,40,53-54,60H,22-23,25H2,1-8H3,(H,51,59)/t31-,32-,33+,35-,36+,37+,38-,40-,47+,48-,49+/m0/s1. The van der Waals surface area contributed by atoms with Crippen molar-refractivity contribution in [2.24, 2.45) is 16.7 Å². The van der Waals surface area contributed by atoms with Gasteiger partial charge in [0.25, 0.3) is 0 Å². The number of Topliss-reactive ketones (excluding diaryl/α,β-unsaturated/α-hetero) is 1. The molecule has 3 fully saturated rings. The van der Waals surface area contributed by atoms with Gasteiger partial charge in [-0.2, -0.15) is 0 Å². The molecule has 11 atom stereocenters. The summed E-state index contributed by atoms with van der Waals surface area (Å²) in [6, 6.07) is 17.4. The Balaban J connectivity index is 1.39. The molecule has 1 saturated heterocycles. The van der Waals surface area contributed by atoms with Gasteiger partial charge in [-0.1, -0.05) is 62.4 Å². The van der Waals surface area contributed by atoms with Crippen LogP contribution in [0.5, 0.6) is 0 Å². The molecule has 17 nitrogen and oxygen atoms in total. The van der Waals surface area contributed by atoms with E-state index < -0.39 is 118 Å². The number of carbonyl (C=O) groups excluding carboxylic acids is 6. The summed E-state index contributed by atoms with van der Waals surface area (Å²) in [5.41, 5.74) is -8.62. The fourth-order valence-electron chi connectivity index (χ4n) is 10.3. The molecular formula is C49H56N2O15. The quantitative estimate of drug-likeness (QED) is 0.124. The fraction of sp³-hybridized carbons (Fsp3) is 0.490. The highest BCUT2D eigenvalue weighted by Crippen LogP contribution is 2.64. The van der Waals surface area contributed by atoms with Gasteiger partial charge in [-0.25, -0.2) is 19.2 Å². The number of hydrogen-bond donors (Lipinski definition) is 4. The average Bonchev–Trinajstić information content (AvgIpc) is 3.26. The Morgan fingerprint density at radius 1 is 0.894 bits per heavy atom. The van der Waals surface area contributed by atoms with Crippen LogP contribution < -0.4 is 5.32 Å². The number of fused-ring (bicyclic) bond motifs is 5. The molecule has 0 spiro atoms. The third-order valence-corrected chi connectivity index (χ3v) is 13.7. The first kappa shape index (κ1) is 47.9. The Morgan fingerprint density at radius 3 is 2.11 bits per heavy atom. The summed E-state index contributed by atoms with van der Waals surface area (Å²) < 4.78 is 36.0. The van der Waals surface area contributed by atoms with E-state index in [2.05, 4.69) is 10.3 Å². The van der Waals surface area contributed by atoms with Gasteiger partial charge in [0, 0.05) is 37.6 Å². The van der Waals surface area contributed by atoms with Gasteiger partial charge in [-0.05, 0) is 75.6 Å². The van der Waals surface area contributed by atoms with Gasteiger partial charge in [-0.3, -0.25) is 14.6 Å². The van der Waals surface area contributed by atoms with E-state index in [1.165, 1.54) is 64.4 Å². The molecule has 2 saturated carbocycles. The van der Waals surface area contributed by atoms with Crippen LogP contribution in [-0.4, -0.2) is 116 Å².